The van der Waals surface area contributed by atoms with Crippen LogP contribution >= 0.6 is 0 Å². The molecule has 1 aliphatic rings. The second kappa shape index (κ2) is 17.4. The molecule has 29 heavy (non-hydrogen) atoms. The van der Waals surface area contributed by atoms with E-state index in [2.05, 4.69) is 17.6 Å². The standard InChI is InChI=1S/C21H38N2O4.C2H6.2H2/c1-4-5-7-19(24)22-13-6-14-27-15-12-20(25)23-18-10-8-17(9-11-18)21(26)16(2)3;1-2;;/h16-18H,4-15H2,1-3H3,(H,22,24)(H,23,25);1-2H3;2*1H. The van der Waals surface area contributed by atoms with Crippen molar-refractivity contribution in [2.24, 2.45) is 11.8 Å². The number of Topliss-reactive ketones (excluding diaryl/α,β-unsaturated/α-hetero) is 1. The minimum Gasteiger partial charge on any atom is -0.381 e. The van der Waals surface area contributed by atoms with Crippen LogP contribution in [0.1, 0.15) is 95.3 Å². The fourth-order valence-corrected chi connectivity index (χ4v) is 3.39. The van der Waals surface area contributed by atoms with E-state index in [0.29, 0.717) is 38.4 Å². The lowest BCUT2D eigenvalue weighted by atomic mass is 9.80. The van der Waals surface area contributed by atoms with E-state index in [9.17, 15) is 14.4 Å². The number of carbonyl (C=O) groups excluding carboxylic acids is 3. The Bertz CT molecular complexity index is 468. The Kier molecular flexibility index (Phi) is 16.6. The number of ether oxygens (including phenoxy) is 1. The van der Waals surface area contributed by atoms with Crippen LogP contribution in [0.2, 0.25) is 0 Å². The molecule has 0 aromatic heterocycles. The van der Waals surface area contributed by atoms with Gasteiger partial charge in [-0.3, -0.25) is 14.4 Å². The van der Waals surface area contributed by atoms with Gasteiger partial charge in [-0.1, -0.05) is 41.0 Å². The average Bonchev–Trinajstić information content (AvgIpc) is 2.72. The van der Waals surface area contributed by atoms with Crippen molar-refractivity contribution in [3.8, 4) is 0 Å². The van der Waals surface area contributed by atoms with Crippen molar-refractivity contribution < 1.29 is 22.0 Å². The van der Waals surface area contributed by atoms with E-state index >= 15 is 0 Å². The van der Waals surface area contributed by atoms with Crippen LogP contribution in [-0.2, 0) is 19.1 Å². The summed E-state index contributed by atoms with van der Waals surface area (Å²) in [6.07, 6.45) is 7.17. The fourth-order valence-electron chi connectivity index (χ4n) is 3.39. The fraction of sp³-hybridized carbons (Fsp3) is 0.870. The summed E-state index contributed by atoms with van der Waals surface area (Å²) in [6, 6.07) is 0.187. The Labute approximate surface area is 180 Å². The number of rotatable bonds is 13. The quantitative estimate of drug-likeness (QED) is 0.433. The van der Waals surface area contributed by atoms with Crippen molar-refractivity contribution in [3.05, 3.63) is 0 Å². The van der Waals surface area contributed by atoms with Gasteiger partial charge in [0.25, 0.3) is 0 Å². The third-order valence-corrected chi connectivity index (χ3v) is 5.08. The molecule has 174 valence electrons. The molecule has 0 spiro atoms. The van der Waals surface area contributed by atoms with Gasteiger partial charge in [-0.15, -0.1) is 0 Å². The Morgan fingerprint density at radius 1 is 0.966 bits per heavy atom. The van der Waals surface area contributed by atoms with Gasteiger partial charge in [-0.25, -0.2) is 0 Å². The first kappa shape index (κ1) is 27.6. The van der Waals surface area contributed by atoms with Gasteiger partial charge in [-0.05, 0) is 38.5 Å². The van der Waals surface area contributed by atoms with Gasteiger partial charge >= 0.3 is 0 Å². The van der Waals surface area contributed by atoms with Crippen molar-refractivity contribution in [1.82, 2.24) is 10.6 Å². The molecule has 0 saturated heterocycles. The molecule has 1 aliphatic carbocycles. The largest absolute Gasteiger partial charge is 0.381 e. The van der Waals surface area contributed by atoms with Crippen LogP contribution in [0.4, 0.5) is 0 Å². The summed E-state index contributed by atoms with van der Waals surface area (Å²) in [5.41, 5.74) is 0. The first-order valence-electron chi connectivity index (χ1n) is 11.6. The summed E-state index contributed by atoms with van der Waals surface area (Å²) in [6.45, 7) is 11.5. The molecule has 0 unspecified atom stereocenters. The predicted molar refractivity (Wildman–Crippen MR) is 122 cm³/mol. The van der Waals surface area contributed by atoms with Gasteiger partial charge in [0.2, 0.25) is 11.8 Å². The van der Waals surface area contributed by atoms with E-state index in [-0.39, 0.29) is 32.5 Å². The van der Waals surface area contributed by atoms with E-state index in [4.69, 9.17) is 4.74 Å². The molecule has 1 fully saturated rings. The van der Waals surface area contributed by atoms with Crippen LogP contribution in [0.5, 0.6) is 0 Å². The second-order valence-corrected chi connectivity index (χ2v) is 7.84. The van der Waals surface area contributed by atoms with E-state index in [1.807, 2.05) is 27.7 Å². The van der Waals surface area contributed by atoms with Crippen LogP contribution in [0.3, 0.4) is 0 Å². The summed E-state index contributed by atoms with van der Waals surface area (Å²) < 4.78 is 5.47. The van der Waals surface area contributed by atoms with Crippen molar-refractivity contribution in [2.75, 3.05) is 19.8 Å². The molecule has 0 heterocycles. The molecule has 0 aromatic carbocycles. The lowest BCUT2D eigenvalue weighted by Gasteiger charge is -2.29. The number of hydrogen-bond acceptors (Lipinski definition) is 4. The number of hydrogen-bond donors (Lipinski definition) is 2. The van der Waals surface area contributed by atoms with Crippen LogP contribution in [-0.4, -0.2) is 43.4 Å². The molecule has 1 saturated carbocycles. The maximum atomic E-state index is 12.0. The molecule has 2 N–H and O–H groups in total. The molecule has 0 aromatic rings. The van der Waals surface area contributed by atoms with Crippen molar-refractivity contribution in [1.29, 1.82) is 0 Å². The molecule has 6 nitrogen and oxygen atoms in total. The number of ketones is 1. The zero-order valence-corrected chi connectivity index (χ0v) is 19.4. The van der Waals surface area contributed by atoms with Crippen molar-refractivity contribution >= 4 is 17.6 Å². The third-order valence-electron chi connectivity index (χ3n) is 5.08. The molecule has 0 atom stereocenters. The van der Waals surface area contributed by atoms with Gasteiger partial charge in [0.05, 0.1) is 6.61 Å². The molecule has 6 heteroatoms. The van der Waals surface area contributed by atoms with E-state index < -0.39 is 0 Å². The molecular weight excluding hydrogens is 368 g/mol. The summed E-state index contributed by atoms with van der Waals surface area (Å²) in [7, 11) is 0. The highest BCUT2D eigenvalue weighted by Crippen LogP contribution is 2.27. The molecule has 1 rings (SSSR count). The first-order chi connectivity index (χ1) is 13.9. The Balaban J connectivity index is -0.00000190. The minimum absolute atomic E-state index is 0. The highest BCUT2D eigenvalue weighted by molar-refractivity contribution is 5.83. The number of amides is 2. The van der Waals surface area contributed by atoms with Crippen LogP contribution in [0.15, 0.2) is 0 Å². The second-order valence-electron chi connectivity index (χ2n) is 7.84. The van der Waals surface area contributed by atoms with E-state index in [1.165, 1.54) is 0 Å². The summed E-state index contributed by atoms with van der Waals surface area (Å²) in [5.74, 6) is 0.740. The smallest absolute Gasteiger partial charge is 0.222 e. The first-order valence-corrected chi connectivity index (χ1v) is 11.6. The third kappa shape index (κ3) is 13.4. The van der Waals surface area contributed by atoms with Gasteiger partial charge in [0, 0.05) is 46.7 Å². The Morgan fingerprint density at radius 2 is 1.62 bits per heavy atom. The maximum absolute atomic E-state index is 12.0. The van der Waals surface area contributed by atoms with Crippen molar-refractivity contribution in [3.63, 3.8) is 0 Å². The molecule has 0 aliphatic heterocycles. The average molecular weight is 417 g/mol. The predicted octanol–water partition coefficient (Wildman–Crippen LogP) is 4.51. The number of nitrogens with one attached hydrogen (secondary N) is 2. The van der Waals surface area contributed by atoms with Crippen LogP contribution < -0.4 is 10.6 Å². The maximum Gasteiger partial charge on any atom is 0.222 e. The minimum atomic E-state index is 0. The Hall–Kier alpha value is -1.43. The lowest BCUT2D eigenvalue weighted by molar-refractivity contribution is -0.127. The summed E-state index contributed by atoms with van der Waals surface area (Å²) in [5, 5.41) is 5.92. The van der Waals surface area contributed by atoms with Crippen LogP contribution in [0, 0.1) is 11.8 Å². The summed E-state index contributed by atoms with van der Waals surface area (Å²) >= 11 is 0. The number of unbranched alkanes of at least 4 members (excludes halogenated alkanes) is 1. The van der Waals surface area contributed by atoms with E-state index in [1.54, 1.807) is 0 Å². The number of carbonyl (C=O) groups is 3. The SMILES string of the molecule is CC.CCCCC(=O)NCCCOCCC(=O)NC1CCC(C(=O)C(C)C)CC1.[HH].[HH]. The molecule has 0 radical (unpaired) electrons. The zero-order valence-electron chi connectivity index (χ0n) is 19.4. The lowest BCUT2D eigenvalue weighted by Crippen LogP contribution is -2.39. The van der Waals surface area contributed by atoms with Gasteiger partial charge in [0.1, 0.15) is 5.78 Å². The highest BCUT2D eigenvalue weighted by Gasteiger charge is 2.28. The van der Waals surface area contributed by atoms with Crippen LogP contribution in [0.25, 0.3) is 0 Å². The zero-order chi connectivity index (χ0) is 22.1. The van der Waals surface area contributed by atoms with Gasteiger partial charge in [-0.2, -0.15) is 0 Å². The Morgan fingerprint density at radius 3 is 2.21 bits per heavy atom. The summed E-state index contributed by atoms with van der Waals surface area (Å²) in [4.78, 5) is 35.5. The van der Waals surface area contributed by atoms with Gasteiger partial charge < -0.3 is 15.4 Å². The van der Waals surface area contributed by atoms with Gasteiger partial charge in [0.15, 0.2) is 0 Å². The van der Waals surface area contributed by atoms with E-state index in [0.717, 1.165) is 44.9 Å². The molecular formula is C23H48N2O4. The highest BCUT2D eigenvalue weighted by atomic mass is 16.5. The molecule has 2 amide bonds. The topological polar surface area (TPSA) is 84.5 Å². The normalized spacial score (nSPS) is 18.6. The van der Waals surface area contributed by atoms with Crippen molar-refractivity contribution in [2.45, 2.75) is 98.4 Å². The monoisotopic (exact) mass is 416 g/mol. The molecule has 0 bridgehead atoms.